The predicted molar refractivity (Wildman–Crippen MR) is 108 cm³/mol. The van der Waals surface area contributed by atoms with Crippen molar-refractivity contribution in [2.24, 2.45) is 0 Å². The molecule has 0 bridgehead atoms. The Hall–Kier alpha value is -1.34. The van der Waals surface area contributed by atoms with Gasteiger partial charge in [-0.15, -0.1) is 0 Å². The fraction of sp³-hybridized carbons (Fsp3) is 0.714. The molecule has 1 aliphatic rings. The highest BCUT2D eigenvalue weighted by Crippen LogP contribution is 2.29. The number of hydrogen-bond acceptors (Lipinski definition) is 6. The highest BCUT2D eigenvalue weighted by atomic mass is 16.5. The molecule has 0 radical (unpaired) electrons. The molecule has 1 fully saturated rings. The van der Waals surface area contributed by atoms with Crippen LogP contribution in [0.1, 0.15) is 46.1 Å². The molecule has 1 saturated heterocycles. The lowest BCUT2D eigenvalue weighted by Crippen LogP contribution is -2.62. The van der Waals surface area contributed by atoms with E-state index in [2.05, 4.69) is 38.3 Å². The van der Waals surface area contributed by atoms with Crippen molar-refractivity contribution in [2.45, 2.75) is 70.4 Å². The van der Waals surface area contributed by atoms with Crippen molar-refractivity contribution in [1.29, 1.82) is 0 Å². The van der Waals surface area contributed by atoms with E-state index in [4.69, 9.17) is 14.2 Å². The molecule has 1 aliphatic heterocycles. The van der Waals surface area contributed by atoms with E-state index in [1.165, 1.54) is 0 Å². The molecular weight excluding hydrogens is 344 g/mol. The molecule has 3 N–H and O–H groups in total. The van der Waals surface area contributed by atoms with E-state index < -0.39 is 6.10 Å². The van der Waals surface area contributed by atoms with E-state index in [0.717, 1.165) is 18.4 Å². The molecule has 1 atom stereocenters. The molecule has 1 aromatic rings. The first kappa shape index (κ1) is 22.0. The van der Waals surface area contributed by atoms with E-state index in [9.17, 15) is 5.11 Å². The number of hydrogen-bond donors (Lipinski definition) is 3. The molecule has 0 saturated carbocycles. The van der Waals surface area contributed by atoms with Gasteiger partial charge < -0.3 is 30.0 Å². The van der Waals surface area contributed by atoms with Gasteiger partial charge in [0.25, 0.3) is 0 Å². The van der Waals surface area contributed by atoms with Gasteiger partial charge in [0.05, 0.1) is 33.5 Å². The summed E-state index contributed by atoms with van der Waals surface area (Å²) in [6, 6.07) is 6.07. The van der Waals surface area contributed by atoms with Crippen LogP contribution in [0.15, 0.2) is 18.2 Å². The molecule has 6 heteroatoms. The fourth-order valence-electron chi connectivity index (χ4n) is 4.11. The highest BCUT2D eigenvalue weighted by molar-refractivity contribution is 5.42. The zero-order valence-corrected chi connectivity index (χ0v) is 17.6. The van der Waals surface area contributed by atoms with Crippen LogP contribution in [-0.2, 0) is 11.3 Å². The lowest BCUT2D eigenvalue weighted by Gasteiger charge is -2.47. The third-order valence-corrected chi connectivity index (χ3v) is 4.86. The molecular formula is C21H36N2O4. The molecule has 27 heavy (non-hydrogen) atoms. The van der Waals surface area contributed by atoms with Gasteiger partial charge in [-0.05, 0) is 58.2 Å². The van der Waals surface area contributed by atoms with Crippen molar-refractivity contribution >= 4 is 0 Å². The first-order valence-corrected chi connectivity index (χ1v) is 9.63. The minimum Gasteiger partial charge on any atom is -0.493 e. The molecule has 0 spiro atoms. The molecule has 154 valence electrons. The number of aliphatic hydroxyl groups excluding tert-OH is 1. The Morgan fingerprint density at radius 2 is 1.74 bits per heavy atom. The van der Waals surface area contributed by atoms with Crippen molar-refractivity contribution in [3.05, 3.63) is 23.8 Å². The van der Waals surface area contributed by atoms with Gasteiger partial charge in [-0.1, -0.05) is 6.07 Å². The molecule has 1 aromatic carbocycles. The lowest BCUT2D eigenvalue weighted by atomic mass is 9.79. The van der Waals surface area contributed by atoms with Gasteiger partial charge in [0.1, 0.15) is 0 Å². The van der Waals surface area contributed by atoms with Crippen LogP contribution in [-0.4, -0.2) is 55.7 Å². The Kier molecular flexibility index (Phi) is 7.51. The summed E-state index contributed by atoms with van der Waals surface area (Å²) in [5, 5.41) is 17.4. The summed E-state index contributed by atoms with van der Waals surface area (Å²) in [7, 11) is 3.23. The molecule has 1 heterocycles. The van der Waals surface area contributed by atoms with E-state index in [1.807, 2.05) is 18.2 Å². The van der Waals surface area contributed by atoms with E-state index in [-0.39, 0.29) is 11.1 Å². The second-order valence-corrected chi connectivity index (χ2v) is 8.76. The summed E-state index contributed by atoms with van der Waals surface area (Å²) in [6.07, 6.45) is 1.54. The number of piperidine rings is 1. The fourth-order valence-corrected chi connectivity index (χ4v) is 4.11. The number of benzene rings is 1. The van der Waals surface area contributed by atoms with Gasteiger partial charge >= 0.3 is 0 Å². The largest absolute Gasteiger partial charge is 0.493 e. The van der Waals surface area contributed by atoms with Crippen LogP contribution in [0, 0.1) is 0 Å². The third-order valence-electron chi connectivity index (χ3n) is 4.86. The summed E-state index contributed by atoms with van der Waals surface area (Å²) in [5.74, 6) is 1.37. The molecule has 0 amide bonds. The number of nitrogens with one attached hydrogen (secondary N) is 2. The second-order valence-electron chi connectivity index (χ2n) is 8.76. The maximum Gasteiger partial charge on any atom is 0.161 e. The Balaban J connectivity index is 1.74. The average Bonchev–Trinajstić information content (AvgIpc) is 2.57. The summed E-state index contributed by atoms with van der Waals surface area (Å²) < 4.78 is 16.2. The number of aliphatic hydroxyl groups is 1. The predicted octanol–water partition coefficient (Wildman–Crippen LogP) is 2.48. The molecule has 1 unspecified atom stereocenters. The van der Waals surface area contributed by atoms with Crippen LogP contribution in [0.4, 0.5) is 0 Å². The summed E-state index contributed by atoms with van der Waals surface area (Å²) in [4.78, 5) is 0. The molecule has 0 aromatic heterocycles. The zero-order chi connectivity index (χ0) is 20.1. The van der Waals surface area contributed by atoms with Crippen LogP contribution >= 0.6 is 0 Å². The van der Waals surface area contributed by atoms with Crippen molar-refractivity contribution in [2.75, 3.05) is 27.4 Å². The molecule has 6 nitrogen and oxygen atoms in total. The Morgan fingerprint density at radius 3 is 2.33 bits per heavy atom. The van der Waals surface area contributed by atoms with Crippen molar-refractivity contribution in [3.8, 4) is 11.5 Å². The van der Waals surface area contributed by atoms with E-state index in [1.54, 1.807) is 14.2 Å². The van der Waals surface area contributed by atoms with E-state index in [0.29, 0.717) is 37.3 Å². The third kappa shape index (κ3) is 6.96. The van der Waals surface area contributed by atoms with Crippen LogP contribution in [0.25, 0.3) is 0 Å². The van der Waals surface area contributed by atoms with Gasteiger partial charge in [-0.3, -0.25) is 0 Å². The smallest absolute Gasteiger partial charge is 0.161 e. The average molecular weight is 381 g/mol. The Bertz CT molecular complexity index is 588. The maximum atomic E-state index is 10.3. The van der Waals surface area contributed by atoms with Crippen LogP contribution in [0.5, 0.6) is 11.5 Å². The Morgan fingerprint density at radius 1 is 1.11 bits per heavy atom. The summed E-state index contributed by atoms with van der Waals surface area (Å²) in [6.45, 7) is 10.2. The van der Waals surface area contributed by atoms with Gasteiger partial charge in [0.15, 0.2) is 11.5 Å². The van der Waals surface area contributed by atoms with Crippen LogP contribution in [0.3, 0.4) is 0 Å². The molecule has 2 rings (SSSR count). The monoisotopic (exact) mass is 380 g/mol. The minimum absolute atomic E-state index is 0.0916. The summed E-state index contributed by atoms with van der Waals surface area (Å²) in [5.41, 5.74) is 1.16. The normalized spacial score (nSPS) is 20.3. The van der Waals surface area contributed by atoms with Gasteiger partial charge in [0, 0.05) is 23.7 Å². The van der Waals surface area contributed by atoms with Gasteiger partial charge in [-0.25, -0.2) is 0 Å². The SMILES string of the molecule is COc1ccc(COCC(O)CNC2CC(C)(C)NC(C)(C)C2)cc1OC. The topological polar surface area (TPSA) is 72.0 Å². The summed E-state index contributed by atoms with van der Waals surface area (Å²) >= 11 is 0. The quantitative estimate of drug-likeness (QED) is 0.611. The molecule has 0 aliphatic carbocycles. The van der Waals surface area contributed by atoms with Crippen LogP contribution < -0.4 is 20.1 Å². The van der Waals surface area contributed by atoms with Crippen molar-refractivity contribution in [1.82, 2.24) is 10.6 Å². The zero-order valence-electron chi connectivity index (χ0n) is 17.6. The van der Waals surface area contributed by atoms with Gasteiger partial charge in [0.2, 0.25) is 0 Å². The first-order chi connectivity index (χ1) is 12.6. The maximum absolute atomic E-state index is 10.3. The van der Waals surface area contributed by atoms with Crippen LogP contribution in [0.2, 0.25) is 0 Å². The van der Waals surface area contributed by atoms with Gasteiger partial charge in [-0.2, -0.15) is 0 Å². The Labute approximate surface area is 163 Å². The number of methoxy groups -OCH3 is 2. The lowest BCUT2D eigenvalue weighted by molar-refractivity contribution is 0.0247. The van der Waals surface area contributed by atoms with Crippen molar-refractivity contribution < 1.29 is 19.3 Å². The van der Waals surface area contributed by atoms with Crippen molar-refractivity contribution in [3.63, 3.8) is 0 Å². The standard InChI is InChI=1S/C21H36N2O4/c1-20(2)10-16(11-21(3,4)23-20)22-12-17(24)14-27-13-15-7-8-18(25-5)19(9-15)26-6/h7-9,16-17,22-24H,10-14H2,1-6H3. The second kappa shape index (κ2) is 9.24. The first-order valence-electron chi connectivity index (χ1n) is 9.63. The minimum atomic E-state index is -0.536. The highest BCUT2D eigenvalue weighted by Gasteiger charge is 2.37. The number of rotatable bonds is 9. The van der Waals surface area contributed by atoms with E-state index >= 15 is 0 Å². The number of ether oxygens (including phenoxy) is 3.